The fourth-order valence-electron chi connectivity index (χ4n) is 2.19. The van der Waals surface area contributed by atoms with Crippen LogP contribution in [0.2, 0.25) is 0 Å². The molecule has 100 valence electrons. The summed E-state index contributed by atoms with van der Waals surface area (Å²) >= 11 is 1.43. The zero-order valence-electron chi connectivity index (χ0n) is 10.5. The van der Waals surface area contributed by atoms with E-state index in [0.29, 0.717) is 4.88 Å². The molecule has 1 amide bonds. The number of nitrogen functional groups attached to an aromatic ring is 1. The van der Waals surface area contributed by atoms with Gasteiger partial charge in [0.15, 0.2) is 0 Å². The summed E-state index contributed by atoms with van der Waals surface area (Å²) in [7, 11) is 0. The van der Waals surface area contributed by atoms with Crippen LogP contribution in [0.3, 0.4) is 0 Å². The van der Waals surface area contributed by atoms with Gasteiger partial charge in [-0.2, -0.15) is 0 Å². The molecule has 1 aliphatic heterocycles. The lowest BCUT2D eigenvalue weighted by molar-refractivity contribution is 0.0668. The number of hydrazine groups is 1. The summed E-state index contributed by atoms with van der Waals surface area (Å²) in [5, 5.41) is 1.93. The van der Waals surface area contributed by atoms with Crippen molar-refractivity contribution in [3.05, 3.63) is 21.9 Å². The molecule has 6 heteroatoms. The van der Waals surface area contributed by atoms with Gasteiger partial charge in [-0.25, -0.2) is 5.84 Å². The molecule has 1 aliphatic rings. The van der Waals surface area contributed by atoms with Gasteiger partial charge in [-0.05, 0) is 30.4 Å². The number of amides is 1. The Morgan fingerprint density at radius 1 is 1.72 bits per heavy atom. The second kappa shape index (κ2) is 6.29. The number of nitrogens with two attached hydrogens (primary N) is 1. The first-order valence-corrected chi connectivity index (χ1v) is 7.00. The van der Waals surface area contributed by atoms with E-state index in [1.807, 2.05) is 11.4 Å². The molecule has 1 aromatic heterocycles. The van der Waals surface area contributed by atoms with E-state index in [4.69, 9.17) is 10.6 Å². The summed E-state index contributed by atoms with van der Waals surface area (Å²) in [6.45, 7) is 5.58. The molecule has 1 saturated heterocycles. The smallest absolute Gasteiger partial charge is 0.275 e. The average Bonchev–Trinajstić information content (AvgIpc) is 2.71. The molecule has 0 aliphatic carbocycles. The fourth-order valence-corrected chi connectivity index (χ4v) is 3.01. The number of carbonyl (C=O) groups is 1. The van der Waals surface area contributed by atoms with E-state index in [0.717, 1.165) is 38.2 Å². The highest BCUT2D eigenvalue weighted by Crippen LogP contribution is 2.19. The third kappa shape index (κ3) is 3.29. The van der Waals surface area contributed by atoms with Gasteiger partial charge in [0, 0.05) is 26.2 Å². The summed E-state index contributed by atoms with van der Waals surface area (Å²) in [4.78, 5) is 14.6. The number of hydrogen-bond donors (Lipinski definition) is 2. The molecule has 1 unspecified atom stereocenters. The van der Waals surface area contributed by atoms with Gasteiger partial charge in [-0.15, -0.1) is 11.3 Å². The fraction of sp³-hybridized carbons (Fsp3) is 0.583. The highest BCUT2D eigenvalue weighted by atomic mass is 32.1. The lowest BCUT2D eigenvalue weighted by atomic mass is 10.2. The van der Waals surface area contributed by atoms with Crippen molar-refractivity contribution in [1.29, 1.82) is 0 Å². The largest absolute Gasteiger partial charge is 0.377 e. The topological polar surface area (TPSA) is 67.6 Å². The maximum atomic E-state index is 11.6. The summed E-state index contributed by atoms with van der Waals surface area (Å²) in [5.41, 5.74) is 3.23. The van der Waals surface area contributed by atoms with Crippen molar-refractivity contribution >= 4 is 17.2 Å². The molecule has 0 bridgehead atoms. The van der Waals surface area contributed by atoms with E-state index < -0.39 is 0 Å². The van der Waals surface area contributed by atoms with Crippen LogP contribution in [0.25, 0.3) is 0 Å². The van der Waals surface area contributed by atoms with Gasteiger partial charge < -0.3 is 4.74 Å². The van der Waals surface area contributed by atoms with Gasteiger partial charge in [-0.3, -0.25) is 15.1 Å². The van der Waals surface area contributed by atoms with E-state index in [1.165, 1.54) is 11.3 Å². The molecule has 1 atom stereocenters. The Hall–Kier alpha value is -0.950. The molecular weight excluding hydrogens is 250 g/mol. The molecular formula is C12H19N3O2S. The lowest BCUT2D eigenvalue weighted by Gasteiger charge is -2.21. The van der Waals surface area contributed by atoms with Crippen molar-refractivity contribution in [3.63, 3.8) is 0 Å². The van der Waals surface area contributed by atoms with Crippen LogP contribution in [0, 0.1) is 0 Å². The SMILES string of the molecule is CC1CN(Cc2ccsc2C(=O)NN)CCCO1. The molecule has 1 aromatic rings. The molecule has 0 spiro atoms. The maximum absolute atomic E-state index is 11.6. The standard InChI is InChI=1S/C12H19N3O2S/c1-9-7-15(4-2-5-17-9)8-10-3-6-18-11(10)12(16)14-13/h3,6,9H,2,4-5,7-8,13H2,1H3,(H,14,16). The van der Waals surface area contributed by atoms with Crippen molar-refractivity contribution in [3.8, 4) is 0 Å². The van der Waals surface area contributed by atoms with E-state index in [1.54, 1.807) is 0 Å². The summed E-state index contributed by atoms with van der Waals surface area (Å²) in [5.74, 6) is 4.98. The molecule has 0 saturated carbocycles. The number of nitrogens with one attached hydrogen (secondary N) is 1. The monoisotopic (exact) mass is 269 g/mol. The number of rotatable bonds is 3. The van der Waals surface area contributed by atoms with Crippen LogP contribution in [0.1, 0.15) is 28.6 Å². The Bertz CT molecular complexity index is 408. The molecule has 1 fully saturated rings. The van der Waals surface area contributed by atoms with Crippen molar-refractivity contribution < 1.29 is 9.53 Å². The van der Waals surface area contributed by atoms with E-state index >= 15 is 0 Å². The first-order chi connectivity index (χ1) is 8.70. The quantitative estimate of drug-likeness (QED) is 0.487. The van der Waals surface area contributed by atoms with Gasteiger partial charge >= 0.3 is 0 Å². The first kappa shape index (κ1) is 13.5. The molecule has 0 aromatic carbocycles. The molecule has 5 nitrogen and oxygen atoms in total. The van der Waals surface area contributed by atoms with Crippen LogP contribution >= 0.6 is 11.3 Å². The molecule has 2 heterocycles. The minimum atomic E-state index is -0.209. The maximum Gasteiger partial charge on any atom is 0.275 e. The zero-order chi connectivity index (χ0) is 13.0. The Balaban J connectivity index is 2.04. The Morgan fingerprint density at radius 3 is 3.33 bits per heavy atom. The molecule has 0 radical (unpaired) electrons. The minimum Gasteiger partial charge on any atom is -0.377 e. The van der Waals surface area contributed by atoms with E-state index in [2.05, 4.69) is 17.2 Å². The average molecular weight is 269 g/mol. The minimum absolute atomic E-state index is 0.209. The number of nitrogens with zero attached hydrogens (tertiary/aromatic N) is 1. The Morgan fingerprint density at radius 2 is 2.56 bits per heavy atom. The highest BCUT2D eigenvalue weighted by Gasteiger charge is 2.18. The summed E-state index contributed by atoms with van der Waals surface area (Å²) in [6.07, 6.45) is 1.28. The van der Waals surface area contributed by atoms with E-state index in [-0.39, 0.29) is 12.0 Å². The van der Waals surface area contributed by atoms with Crippen LogP contribution in [-0.2, 0) is 11.3 Å². The Labute approximate surface area is 111 Å². The summed E-state index contributed by atoms with van der Waals surface area (Å²) in [6, 6.07) is 1.99. The van der Waals surface area contributed by atoms with Crippen molar-refractivity contribution in [2.45, 2.75) is 26.0 Å². The van der Waals surface area contributed by atoms with E-state index in [9.17, 15) is 4.79 Å². The van der Waals surface area contributed by atoms with Crippen molar-refractivity contribution in [1.82, 2.24) is 10.3 Å². The van der Waals surface area contributed by atoms with Crippen molar-refractivity contribution in [2.75, 3.05) is 19.7 Å². The molecule has 2 rings (SSSR count). The van der Waals surface area contributed by atoms with Crippen molar-refractivity contribution in [2.24, 2.45) is 5.84 Å². The number of hydrogen-bond acceptors (Lipinski definition) is 5. The van der Waals surface area contributed by atoms with Crippen LogP contribution < -0.4 is 11.3 Å². The first-order valence-electron chi connectivity index (χ1n) is 6.12. The van der Waals surface area contributed by atoms with Gasteiger partial charge in [0.25, 0.3) is 5.91 Å². The Kier molecular flexibility index (Phi) is 4.71. The molecule has 18 heavy (non-hydrogen) atoms. The third-order valence-corrected chi connectivity index (χ3v) is 3.97. The van der Waals surface area contributed by atoms with Crippen LogP contribution in [0.4, 0.5) is 0 Å². The normalized spacial score (nSPS) is 21.6. The summed E-state index contributed by atoms with van der Waals surface area (Å²) < 4.78 is 5.61. The highest BCUT2D eigenvalue weighted by molar-refractivity contribution is 7.12. The van der Waals surface area contributed by atoms with Gasteiger partial charge in [0.1, 0.15) is 0 Å². The number of thiophene rings is 1. The second-order valence-corrected chi connectivity index (χ2v) is 5.43. The molecule has 3 N–H and O–H groups in total. The third-order valence-electron chi connectivity index (χ3n) is 3.01. The van der Waals surface area contributed by atoms with Gasteiger partial charge in [-0.1, -0.05) is 0 Å². The van der Waals surface area contributed by atoms with Gasteiger partial charge in [0.05, 0.1) is 11.0 Å². The predicted octanol–water partition coefficient (Wildman–Crippen LogP) is 0.962. The van der Waals surface area contributed by atoms with Gasteiger partial charge in [0.2, 0.25) is 0 Å². The number of ether oxygens (including phenoxy) is 1. The van der Waals surface area contributed by atoms with Crippen LogP contribution in [-0.4, -0.2) is 36.6 Å². The van der Waals surface area contributed by atoms with Crippen LogP contribution in [0.15, 0.2) is 11.4 Å². The predicted molar refractivity (Wildman–Crippen MR) is 71.3 cm³/mol. The van der Waals surface area contributed by atoms with Crippen LogP contribution in [0.5, 0.6) is 0 Å². The zero-order valence-corrected chi connectivity index (χ0v) is 11.3. The second-order valence-electron chi connectivity index (χ2n) is 4.52. The number of carbonyl (C=O) groups excluding carboxylic acids is 1. The lowest BCUT2D eigenvalue weighted by Crippen LogP contribution is -2.32.